The minimum Gasteiger partial charge on any atom is -0.317 e. The van der Waals surface area contributed by atoms with Gasteiger partial charge in [-0.1, -0.05) is 53.4 Å². The van der Waals surface area contributed by atoms with Gasteiger partial charge in [-0.3, -0.25) is 0 Å². The Bertz CT molecular complexity index is 166. The lowest BCUT2D eigenvalue weighted by Crippen LogP contribution is -2.33. The molecule has 2 unspecified atom stereocenters. The summed E-state index contributed by atoms with van der Waals surface area (Å²) in [6.45, 7) is 12.8. The van der Waals surface area contributed by atoms with E-state index in [0.717, 1.165) is 5.92 Å². The zero-order valence-corrected chi connectivity index (χ0v) is 13.5. The van der Waals surface area contributed by atoms with Crippen LogP contribution in [0.5, 0.6) is 0 Å². The molecule has 110 valence electrons. The summed E-state index contributed by atoms with van der Waals surface area (Å²) in [5, 5.41) is 3.52. The van der Waals surface area contributed by atoms with Gasteiger partial charge in [-0.25, -0.2) is 0 Å². The predicted octanol–water partition coefficient (Wildman–Crippen LogP) is 3.91. The van der Waals surface area contributed by atoms with Crippen LogP contribution >= 0.6 is 0 Å². The number of rotatable bonds is 12. The van der Waals surface area contributed by atoms with Gasteiger partial charge in [-0.15, -0.1) is 0 Å². The summed E-state index contributed by atoms with van der Waals surface area (Å²) in [5.41, 5.74) is 0. The van der Waals surface area contributed by atoms with Crippen LogP contribution in [-0.2, 0) is 0 Å². The fourth-order valence-electron chi connectivity index (χ4n) is 2.64. The SMILES string of the molecule is CCCCC(CC)CC(CCN(CC)CC)NC. The van der Waals surface area contributed by atoms with Crippen molar-refractivity contribution in [2.45, 2.75) is 72.3 Å². The third-order valence-corrected chi connectivity index (χ3v) is 4.26. The van der Waals surface area contributed by atoms with Crippen LogP contribution in [0.1, 0.15) is 66.2 Å². The van der Waals surface area contributed by atoms with Gasteiger partial charge in [0.05, 0.1) is 0 Å². The van der Waals surface area contributed by atoms with E-state index in [4.69, 9.17) is 0 Å². The van der Waals surface area contributed by atoms with Gasteiger partial charge in [-0.05, 0) is 45.4 Å². The van der Waals surface area contributed by atoms with E-state index in [1.807, 2.05) is 0 Å². The summed E-state index contributed by atoms with van der Waals surface area (Å²) >= 11 is 0. The van der Waals surface area contributed by atoms with Gasteiger partial charge < -0.3 is 10.2 Å². The van der Waals surface area contributed by atoms with Crippen molar-refractivity contribution in [3.63, 3.8) is 0 Å². The second kappa shape index (κ2) is 12.0. The molecule has 0 saturated heterocycles. The fourth-order valence-corrected chi connectivity index (χ4v) is 2.64. The van der Waals surface area contributed by atoms with Crippen LogP contribution < -0.4 is 5.32 Å². The molecule has 0 aromatic rings. The van der Waals surface area contributed by atoms with Gasteiger partial charge in [0.15, 0.2) is 0 Å². The van der Waals surface area contributed by atoms with Crippen molar-refractivity contribution in [2.75, 3.05) is 26.7 Å². The van der Waals surface area contributed by atoms with E-state index in [1.165, 1.54) is 58.2 Å². The minimum atomic E-state index is 0.701. The van der Waals surface area contributed by atoms with Crippen molar-refractivity contribution in [1.82, 2.24) is 10.2 Å². The lowest BCUT2D eigenvalue weighted by Gasteiger charge is -2.25. The van der Waals surface area contributed by atoms with Crippen molar-refractivity contribution in [1.29, 1.82) is 0 Å². The van der Waals surface area contributed by atoms with Gasteiger partial charge in [0.25, 0.3) is 0 Å². The summed E-state index contributed by atoms with van der Waals surface area (Å²) in [6.07, 6.45) is 8.13. The van der Waals surface area contributed by atoms with E-state index in [-0.39, 0.29) is 0 Å². The summed E-state index contributed by atoms with van der Waals surface area (Å²) in [7, 11) is 2.12. The zero-order valence-electron chi connectivity index (χ0n) is 13.5. The Labute approximate surface area is 116 Å². The van der Waals surface area contributed by atoms with Gasteiger partial charge in [0.1, 0.15) is 0 Å². The Morgan fingerprint density at radius 1 is 1.00 bits per heavy atom. The average Bonchev–Trinajstić information content (AvgIpc) is 2.42. The van der Waals surface area contributed by atoms with Crippen LogP contribution in [0, 0.1) is 5.92 Å². The molecule has 0 rings (SSSR count). The topological polar surface area (TPSA) is 15.3 Å². The molecule has 1 N–H and O–H groups in total. The maximum absolute atomic E-state index is 3.52. The highest BCUT2D eigenvalue weighted by Crippen LogP contribution is 2.19. The molecule has 0 heterocycles. The van der Waals surface area contributed by atoms with Gasteiger partial charge in [0.2, 0.25) is 0 Å². The molecule has 0 spiro atoms. The Morgan fingerprint density at radius 2 is 1.67 bits per heavy atom. The average molecular weight is 256 g/mol. The molecule has 0 bridgehead atoms. The molecule has 0 aliphatic carbocycles. The Hall–Kier alpha value is -0.0800. The fraction of sp³-hybridized carbons (Fsp3) is 1.00. The highest BCUT2D eigenvalue weighted by Gasteiger charge is 2.14. The van der Waals surface area contributed by atoms with Gasteiger partial charge in [0, 0.05) is 6.04 Å². The lowest BCUT2D eigenvalue weighted by atomic mass is 9.91. The summed E-state index contributed by atoms with van der Waals surface area (Å²) in [5.74, 6) is 0.916. The molecule has 2 atom stereocenters. The maximum Gasteiger partial charge on any atom is 0.00788 e. The van der Waals surface area contributed by atoms with Crippen molar-refractivity contribution >= 4 is 0 Å². The molecular weight excluding hydrogens is 220 g/mol. The van der Waals surface area contributed by atoms with E-state index < -0.39 is 0 Å². The monoisotopic (exact) mass is 256 g/mol. The molecule has 18 heavy (non-hydrogen) atoms. The Kier molecular flexibility index (Phi) is 11.9. The molecule has 0 aliphatic heterocycles. The molecule has 0 fully saturated rings. The Balaban J connectivity index is 3.98. The molecule has 0 aromatic carbocycles. The van der Waals surface area contributed by atoms with E-state index in [1.54, 1.807) is 0 Å². The predicted molar refractivity (Wildman–Crippen MR) is 83.2 cm³/mol. The molecule has 2 heteroatoms. The van der Waals surface area contributed by atoms with E-state index in [9.17, 15) is 0 Å². The number of hydrogen-bond donors (Lipinski definition) is 1. The van der Waals surface area contributed by atoms with Crippen LogP contribution in [0.3, 0.4) is 0 Å². The standard InChI is InChI=1S/C16H36N2/c1-6-10-11-15(7-2)14-16(17-5)12-13-18(8-3)9-4/h15-17H,6-14H2,1-5H3. The number of nitrogens with one attached hydrogen (secondary N) is 1. The second-order valence-electron chi connectivity index (χ2n) is 5.45. The number of unbranched alkanes of at least 4 members (excludes halogenated alkanes) is 1. The molecule has 2 nitrogen and oxygen atoms in total. The summed E-state index contributed by atoms with van der Waals surface area (Å²) < 4.78 is 0. The zero-order chi connectivity index (χ0) is 13.8. The smallest absolute Gasteiger partial charge is 0.00788 e. The molecule has 0 amide bonds. The van der Waals surface area contributed by atoms with Gasteiger partial charge >= 0.3 is 0 Å². The largest absolute Gasteiger partial charge is 0.317 e. The van der Waals surface area contributed by atoms with Crippen LogP contribution in [0.4, 0.5) is 0 Å². The van der Waals surface area contributed by atoms with Crippen LogP contribution in [0.15, 0.2) is 0 Å². The quantitative estimate of drug-likeness (QED) is 0.569. The third kappa shape index (κ3) is 8.10. The summed E-state index contributed by atoms with van der Waals surface area (Å²) in [6, 6.07) is 0.701. The number of nitrogens with zero attached hydrogens (tertiary/aromatic N) is 1. The molecule has 0 aliphatic rings. The van der Waals surface area contributed by atoms with Crippen molar-refractivity contribution in [3.05, 3.63) is 0 Å². The lowest BCUT2D eigenvalue weighted by molar-refractivity contribution is 0.265. The highest BCUT2D eigenvalue weighted by molar-refractivity contribution is 4.72. The van der Waals surface area contributed by atoms with Crippen molar-refractivity contribution < 1.29 is 0 Å². The van der Waals surface area contributed by atoms with Gasteiger partial charge in [-0.2, -0.15) is 0 Å². The number of hydrogen-bond acceptors (Lipinski definition) is 2. The van der Waals surface area contributed by atoms with Crippen LogP contribution in [-0.4, -0.2) is 37.6 Å². The van der Waals surface area contributed by atoms with Crippen molar-refractivity contribution in [2.24, 2.45) is 5.92 Å². The molecule has 0 saturated carbocycles. The van der Waals surface area contributed by atoms with Crippen LogP contribution in [0.2, 0.25) is 0 Å². The third-order valence-electron chi connectivity index (χ3n) is 4.26. The maximum atomic E-state index is 3.52. The first kappa shape index (κ1) is 17.9. The first-order valence-electron chi connectivity index (χ1n) is 8.11. The van der Waals surface area contributed by atoms with E-state index in [2.05, 4.69) is 45.0 Å². The first-order valence-corrected chi connectivity index (χ1v) is 8.11. The Morgan fingerprint density at radius 3 is 2.11 bits per heavy atom. The minimum absolute atomic E-state index is 0.701. The van der Waals surface area contributed by atoms with Crippen molar-refractivity contribution in [3.8, 4) is 0 Å². The molecule has 0 radical (unpaired) electrons. The van der Waals surface area contributed by atoms with E-state index >= 15 is 0 Å². The second-order valence-corrected chi connectivity index (χ2v) is 5.45. The highest BCUT2D eigenvalue weighted by atomic mass is 15.1. The summed E-state index contributed by atoms with van der Waals surface area (Å²) in [4.78, 5) is 2.53. The molecule has 0 aromatic heterocycles. The molecular formula is C16H36N2. The first-order chi connectivity index (χ1) is 8.71. The van der Waals surface area contributed by atoms with Crippen LogP contribution in [0.25, 0.3) is 0 Å². The normalized spacial score (nSPS) is 15.0. The van der Waals surface area contributed by atoms with E-state index in [0.29, 0.717) is 6.04 Å².